The van der Waals surface area contributed by atoms with Gasteiger partial charge in [-0.2, -0.15) is 0 Å². The summed E-state index contributed by atoms with van der Waals surface area (Å²) in [5, 5.41) is 3.75. The predicted molar refractivity (Wildman–Crippen MR) is 82.1 cm³/mol. The Bertz CT molecular complexity index is 302. The summed E-state index contributed by atoms with van der Waals surface area (Å²) >= 11 is 0. The molecule has 3 aliphatic rings. The topological polar surface area (TPSA) is 27.7 Å². The summed E-state index contributed by atoms with van der Waals surface area (Å²) in [5.41, 5.74) is 0. The molecule has 3 fully saturated rings. The smallest absolute Gasteiger partial charge is 0.0827 e. The molecule has 4 nitrogen and oxygen atoms in total. The number of rotatable bonds is 4. The van der Waals surface area contributed by atoms with Crippen molar-refractivity contribution < 1.29 is 4.74 Å². The molecule has 3 saturated heterocycles. The van der Waals surface area contributed by atoms with E-state index >= 15 is 0 Å². The zero-order valence-electron chi connectivity index (χ0n) is 13.2. The van der Waals surface area contributed by atoms with Gasteiger partial charge in [0.2, 0.25) is 0 Å². The number of hydrogen-bond acceptors (Lipinski definition) is 4. The van der Waals surface area contributed by atoms with Crippen LogP contribution in [0.4, 0.5) is 0 Å². The predicted octanol–water partition coefficient (Wildman–Crippen LogP) is 1.31. The van der Waals surface area contributed by atoms with Crippen LogP contribution in [0.2, 0.25) is 0 Å². The van der Waals surface area contributed by atoms with E-state index in [1.54, 1.807) is 0 Å². The van der Waals surface area contributed by atoms with E-state index in [2.05, 4.69) is 29.0 Å². The van der Waals surface area contributed by atoms with Crippen molar-refractivity contribution in [2.45, 2.75) is 63.8 Å². The number of hydrogen-bond donors (Lipinski definition) is 1. The molecular formula is C16H31N3O. The van der Waals surface area contributed by atoms with Crippen molar-refractivity contribution in [3.05, 3.63) is 0 Å². The highest BCUT2D eigenvalue weighted by molar-refractivity contribution is 4.87. The minimum atomic E-state index is 0.410. The normalized spacial score (nSPS) is 33.8. The van der Waals surface area contributed by atoms with Crippen LogP contribution in [0.15, 0.2) is 0 Å². The molecule has 0 amide bonds. The van der Waals surface area contributed by atoms with Gasteiger partial charge in [0.1, 0.15) is 0 Å². The maximum Gasteiger partial charge on any atom is 0.0827 e. The minimum Gasteiger partial charge on any atom is -0.374 e. The van der Waals surface area contributed by atoms with Crippen LogP contribution in [0.1, 0.15) is 39.5 Å². The summed E-state index contributed by atoms with van der Waals surface area (Å²) in [5.74, 6) is 0. The summed E-state index contributed by atoms with van der Waals surface area (Å²) in [7, 11) is 0. The maximum absolute atomic E-state index is 6.03. The van der Waals surface area contributed by atoms with E-state index in [1.807, 2.05) is 0 Å². The van der Waals surface area contributed by atoms with Gasteiger partial charge >= 0.3 is 0 Å². The molecule has 116 valence electrons. The highest BCUT2D eigenvalue weighted by Gasteiger charge is 2.32. The maximum atomic E-state index is 6.03. The summed E-state index contributed by atoms with van der Waals surface area (Å²) in [4.78, 5) is 5.22. The van der Waals surface area contributed by atoms with Crippen LogP contribution in [0, 0.1) is 0 Å². The number of nitrogens with one attached hydrogen (secondary N) is 1. The lowest BCUT2D eigenvalue weighted by molar-refractivity contribution is -0.0485. The molecule has 0 spiro atoms. The Hall–Kier alpha value is -0.160. The van der Waals surface area contributed by atoms with Crippen LogP contribution >= 0.6 is 0 Å². The van der Waals surface area contributed by atoms with Crippen molar-refractivity contribution in [2.24, 2.45) is 0 Å². The van der Waals surface area contributed by atoms with Crippen LogP contribution in [-0.4, -0.2) is 73.4 Å². The molecule has 0 aliphatic carbocycles. The number of nitrogens with zero attached hydrogens (tertiary/aromatic N) is 2. The highest BCUT2D eigenvalue weighted by Crippen LogP contribution is 2.22. The lowest BCUT2D eigenvalue weighted by Crippen LogP contribution is -2.52. The fourth-order valence-electron chi connectivity index (χ4n) is 3.93. The van der Waals surface area contributed by atoms with Crippen LogP contribution in [0.25, 0.3) is 0 Å². The molecule has 0 aromatic rings. The van der Waals surface area contributed by atoms with Gasteiger partial charge in [-0.25, -0.2) is 0 Å². The van der Waals surface area contributed by atoms with Gasteiger partial charge in [-0.1, -0.05) is 0 Å². The fourth-order valence-corrected chi connectivity index (χ4v) is 3.93. The first-order chi connectivity index (χ1) is 9.72. The van der Waals surface area contributed by atoms with Crippen molar-refractivity contribution >= 4 is 0 Å². The molecule has 0 aromatic carbocycles. The molecule has 2 unspecified atom stereocenters. The molecule has 1 N–H and O–H groups in total. The van der Waals surface area contributed by atoms with Crippen LogP contribution in [-0.2, 0) is 4.74 Å². The van der Waals surface area contributed by atoms with E-state index in [-0.39, 0.29) is 0 Å². The molecule has 0 bridgehead atoms. The van der Waals surface area contributed by atoms with Gasteiger partial charge in [0.25, 0.3) is 0 Å². The molecule has 4 heteroatoms. The third kappa shape index (κ3) is 3.53. The van der Waals surface area contributed by atoms with E-state index in [0.29, 0.717) is 18.2 Å². The van der Waals surface area contributed by atoms with Gasteiger partial charge in [0.15, 0.2) is 0 Å². The van der Waals surface area contributed by atoms with Crippen molar-refractivity contribution in [3.63, 3.8) is 0 Å². The van der Waals surface area contributed by atoms with Gasteiger partial charge in [0, 0.05) is 31.2 Å². The Morgan fingerprint density at radius 1 is 1.15 bits per heavy atom. The Kier molecular flexibility index (Phi) is 4.97. The third-order valence-corrected chi connectivity index (χ3v) is 5.36. The van der Waals surface area contributed by atoms with Gasteiger partial charge in [-0.3, -0.25) is 4.90 Å². The monoisotopic (exact) mass is 281 g/mol. The SMILES string of the molecule is CC(C)N1CCC(NCC2CN3CCCC3CO2)CC1. The molecular weight excluding hydrogens is 250 g/mol. The number of morpholine rings is 1. The van der Waals surface area contributed by atoms with E-state index in [0.717, 1.165) is 25.7 Å². The van der Waals surface area contributed by atoms with Gasteiger partial charge in [-0.05, 0) is 59.2 Å². The van der Waals surface area contributed by atoms with Crippen molar-refractivity contribution in [2.75, 3.05) is 39.3 Å². The average Bonchev–Trinajstić information content (AvgIpc) is 2.93. The van der Waals surface area contributed by atoms with Crippen LogP contribution < -0.4 is 5.32 Å². The van der Waals surface area contributed by atoms with Crippen LogP contribution in [0.5, 0.6) is 0 Å². The Balaban J connectivity index is 1.36. The molecule has 2 atom stereocenters. The number of fused-ring (bicyclic) bond motifs is 1. The quantitative estimate of drug-likeness (QED) is 0.841. The molecule has 3 heterocycles. The summed E-state index contributed by atoms with van der Waals surface area (Å²) in [6, 6.07) is 2.12. The first-order valence-electron chi connectivity index (χ1n) is 8.55. The first-order valence-corrected chi connectivity index (χ1v) is 8.55. The standard InChI is InChI=1S/C16H31N3O/c1-13(2)18-8-5-14(6-9-18)17-10-16-11-19-7-3-4-15(19)12-20-16/h13-17H,3-12H2,1-2H3. The first kappa shape index (κ1) is 14.8. The fraction of sp³-hybridized carbons (Fsp3) is 1.00. The lowest BCUT2D eigenvalue weighted by atomic mass is 10.0. The molecule has 0 radical (unpaired) electrons. The molecule has 20 heavy (non-hydrogen) atoms. The second-order valence-corrected chi connectivity index (χ2v) is 7.06. The second kappa shape index (κ2) is 6.73. The Labute approximate surface area is 123 Å². The van der Waals surface area contributed by atoms with Gasteiger partial charge < -0.3 is 15.0 Å². The average molecular weight is 281 g/mol. The molecule has 0 saturated carbocycles. The zero-order chi connectivity index (χ0) is 13.9. The van der Waals surface area contributed by atoms with Gasteiger partial charge in [0.05, 0.1) is 12.7 Å². The van der Waals surface area contributed by atoms with Gasteiger partial charge in [-0.15, -0.1) is 0 Å². The summed E-state index contributed by atoms with van der Waals surface area (Å²) in [6.45, 7) is 11.5. The zero-order valence-corrected chi connectivity index (χ0v) is 13.2. The molecule has 0 aromatic heterocycles. The highest BCUT2D eigenvalue weighted by atomic mass is 16.5. The van der Waals surface area contributed by atoms with Crippen molar-refractivity contribution in [1.29, 1.82) is 0 Å². The second-order valence-electron chi connectivity index (χ2n) is 7.06. The van der Waals surface area contributed by atoms with Crippen LogP contribution in [0.3, 0.4) is 0 Å². The minimum absolute atomic E-state index is 0.410. The molecule has 3 rings (SSSR count). The van der Waals surface area contributed by atoms with E-state index in [1.165, 1.54) is 45.3 Å². The summed E-state index contributed by atoms with van der Waals surface area (Å²) < 4.78 is 6.03. The Morgan fingerprint density at radius 3 is 2.70 bits per heavy atom. The number of ether oxygens (including phenoxy) is 1. The third-order valence-electron chi connectivity index (χ3n) is 5.36. The number of piperidine rings is 1. The molecule has 3 aliphatic heterocycles. The van der Waals surface area contributed by atoms with Crippen molar-refractivity contribution in [3.8, 4) is 0 Å². The summed E-state index contributed by atoms with van der Waals surface area (Å²) in [6.07, 6.45) is 5.69. The van der Waals surface area contributed by atoms with E-state index in [4.69, 9.17) is 4.74 Å². The largest absolute Gasteiger partial charge is 0.374 e. The lowest BCUT2D eigenvalue weighted by Gasteiger charge is -2.38. The van der Waals surface area contributed by atoms with E-state index in [9.17, 15) is 0 Å². The number of likely N-dealkylation sites (tertiary alicyclic amines) is 1. The van der Waals surface area contributed by atoms with E-state index < -0.39 is 0 Å². The van der Waals surface area contributed by atoms with Crippen molar-refractivity contribution in [1.82, 2.24) is 15.1 Å². The Morgan fingerprint density at radius 2 is 1.95 bits per heavy atom.